The molecule has 0 aliphatic carbocycles. The molecule has 0 radical (unpaired) electrons. The minimum atomic E-state index is 0. The summed E-state index contributed by atoms with van der Waals surface area (Å²) < 4.78 is 0. The number of carbonyl (C=O) groups is 1. The van der Waals surface area contributed by atoms with Crippen molar-refractivity contribution in [3.8, 4) is 0 Å². The highest BCUT2D eigenvalue weighted by atomic mass is 35.5. The smallest absolute Gasteiger partial charge is 0.223 e. The number of carbonyl (C=O) groups excluding carboxylic acids is 1. The molecular weight excluding hydrogens is 262 g/mol. The van der Waals surface area contributed by atoms with Crippen LogP contribution in [0.25, 0.3) is 0 Å². The molecule has 0 spiro atoms. The second kappa shape index (κ2) is 7.46. The maximum Gasteiger partial charge on any atom is 0.223 e. The van der Waals surface area contributed by atoms with E-state index in [0.29, 0.717) is 17.7 Å². The molecule has 1 amide bonds. The van der Waals surface area contributed by atoms with Crippen molar-refractivity contribution in [3.63, 3.8) is 0 Å². The average molecular weight is 290 g/mol. The zero-order chi connectivity index (χ0) is 13.0. The quantitative estimate of drug-likeness (QED) is 0.852. The monoisotopic (exact) mass is 289 g/mol. The summed E-state index contributed by atoms with van der Waals surface area (Å²) in [5.41, 5.74) is 0.427. The molecule has 19 heavy (non-hydrogen) atoms. The Morgan fingerprint density at radius 1 is 1.21 bits per heavy atom. The molecule has 1 N–H and O–H groups in total. The maximum atomic E-state index is 12.1. The van der Waals surface area contributed by atoms with Gasteiger partial charge in [-0.25, -0.2) is 0 Å². The molecule has 2 aliphatic heterocycles. The van der Waals surface area contributed by atoms with Crippen molar-refractivity contribution in [1.82, 2.24) is 15.1 Å². The number of piperazine rings is 1. The first kappa shape index (κ1) is 16.7. The first-order valence-electron chi connectivity index (χ1n) is 7.28. The van der Waals surface area contributed by atoms with Gasteiger partial charge in [0, 0.05) is 45.7 Å². The number of nitrogens with zero attached hydrogens (tertiary/aromatic N) is 2. The largest absolute Gasteiger partial charge is 0.340 e. The number of halogens is 1. The molecule has 0 bridgehead atoms. The summed E-state index contributed by atoms with van der Waals surface area (Å²) >= 11 is 0. The first-order valence-corrected chi connectivity index (χ1v) is 7.28. The summed E-state index contributed by atoms with van der Waals surface area (Å²) in [5.74, 6) is 0.333. The highest BCUT2D eigenvalue weighted by molar-refractivity contribution is 5.85. The van der Waals surface area contributed by atoms with Crippen LogP contribution in [0.5, 0.6) is 0 Å². The highest BCUT2D eigenvalue weighted by Gasteiger charge is 2.26. The zero-order valence-electron chi connectivity index (χ0n) is 12.3. The molecule has 0 atom stereocenters. The molecule has 0 saturated carbocycles. The van der Waals surface area contributed by atoms with Crippen LogP contribution in [0.3, 0.4) is 0 Å². The van der Waals surface area contributed by atoms with Crippen molar-refractivity contribution in [3.05, 3.63) is 0 Å². The fraction of sp³-hybridized carbons (Fsp3) is 0.929. The van der Waals surface area contributed by atoms with E-state index in [1.54, 1.807) is 0 Å². The van der Waals surface area contributed by atoms with Crippen LogP contribution in [-0.4, -0.2) is 61.5 Å². The first-order chi connectivity index (χ1) is 8.57. The average Bonchev–Trinajstić information content (AvgIpc) is 2.36. The molecule has 112 valence electrons. The lowest BCUT2D eigenvalue weighted by molar-refractivity contribution is -0.132. The van der Waals surface area contributed by atoms with Gasteiger partial charge in [-0.2, -0.15) is 0 Å². The Labute approximate surface area is 123 Å². The van der Waals surface area contributed by atoms with Gasteiger partial charge in [0.25, 0.3) is 0 Å². The van der Waals surface area contributed by atoms with Gasteiger partial charge < -0.3 is 15.1 Å². The predicted octanol–water partition coefficient (Wildman–Crippen LogP) is 1.35. The van der Waals surface area contributed by atoms with E-state index >= 15 is 0 Å². The van der Waals surface area contributed by atoms with E-state index in [4.69, 9.17) is 0 Å². The lowest BCUT2D eigenvalue weighted by Gasteiger charge is -2.38. The minimum absolute atomic E-state index is 0. The van der Waals surface area contributed by atoms with Gasteiger partial charge in [0.05, 0.1) is 0 Å². The van der Waals surface area contributed by atoms with Gasteiger partial charge >= 0.3 is 0 Å². The van der Waals surface area contributed by atoms with Crippen molar-refractivity contribution in [2.75, 3.05) is 45.8 Å². The number of piperidine rings is 1. The molecule has 2 saturated heterocycles. The Hall–Kier alpha value is -0.320. The predicted molar refractivity (Wildman–Crippen MR) is 80.8 cm³/mol. The molecule has 0 aromatic heterocycles. The van der Waals surface area contributed by atoms with E-state index in [2.05, 4.69) is 24.1 Å². The van der Waals surface area contributed by atoms with E-state index in [9.17, 15) is 4.79 Å². The van der Waals surface area contributed by atoms with Gasteiger partial charge in [-0.15, -0.1) is 12.4 Å². The Balaban J connectivity index is 0.00000180. The van der Waals surface area contributed by atoms with Gasteiger partial charge in [0.2, 0.25) is 5.91 Å². The van der Waals surface area contributed by atoms with Crippen molar-refractivity contribution >= 4 is 18.3 Å². The normalized spacial score (nSPS) is 23.8. The second-order valence-corrected chi connectivity index (χ2v) is 6.42. The number of hydrogen-bond donors (Lipinski definition) is 1. The van der Waals surface area contributed by atoms with Gasteiger partial charge in [-0.3, -0.25) is 4.79 Å². The fourth-order valence-electron chi connectivity index (χ4n) is 3.06. The van der Waals surface area contributed by atoms with E-state index in [0.717, 1.165) is 45.8 Å². The van der Waals surface area contributed by atoms with Crippen LogP contribution in [0.2, 0.25) is 0 Å². The van der Waals surface area contributed by atoms with Crippen LogP contribution >= 0.6 is 12.4 Å². The van der Waals surface area contributed by atoms with Crippen molar-refractivity contribution < 1.29 is 4.79 Å². The molecule has 2 fully saturated rings. The molecule has 2 aliphatic rings. The Morgan fingerprint density at radius 3 is 2.53 bits per heavy atom. The maximum absolute atomic E-state index is 12.1. The third-order valence-corrected chi connectivity index (χ3v) is 4.09. The molecule has 5 heteroatoms. The summed E-state index contributed by atoms with van der Waals surface area (Å²) in [5, 5.41) is 3.28. The van der Waals surface area contributed by atoms with Crippen LogP contribution in [0.1, 0.15) is 33.1 Å². The molecule has 0 aromatic carbocycles. The van der Waals surface area contributed by atoms with Crippen molar-refractivity contribution in [1.29, 1.82) is 0 Å². The van der Waals surface area contributed by atoms with Crippen LogP contribution in [0.4, 0.5) is 0 Å². The van der Waals surface area contributed by atoms with Gasteiger partial charge in [0.15, 0.2) is 0 Å². The molecule has 2 rings (SSSR count). The van der Waals surface area contributed by atoms with Gasteiger partial charge in [-0.05, 0) is 24.8 Å². The number of rotatable bonds is 3. The SMILES string of the molecule is CC1(C)CCCN(CCC(=O)N2CCNCC2)C1.Cl. The van der Waals surface area contributed by atoms with E-state index < -0.39 is 0 Å². The van der Waals surface area contributed by atoms with E-state index in [1.807, 2.05) is 4.90 Å². The topological polar surface area (TPSA) is 35.6 Å². The number of nitrogens with one attached hydrogen (secondary N) is 1. The summed E-state index contributed by atoms with van der Waals surface area (Å²) in [6.45, 7) is 11.6. The number of likely N-dealkylation sites (tertiary alicyclic amines) is 1. The summed E-state index contributed by atoms with van der Waals surface area (Å²) in [7, 11) is 0. The van der Waals surface area contributed by atoms with Gasteiger partial charge in [0.1, 0.15) is 0 Å². The minimum Gasteiger partial charge on any atom is -0.340 e. The molecule has 0 aromatic rings. The van der Waals surface area contributed by atoms with Crippen molar-refractivity contribution in [2.45, 2.75) is 33.1 Å². The van der Waals surface area contributed by atoms with Crippen LogP contribution in [0, 0.1) is 5.41 Å². The fourth-order valence-corrected chi connectivity index (χ4v) is 3.06. The Morgan fingerprint density at radius 2 is 1.89 bits per heavy atom. The molecule has 2 heterocycles. The summed E-state index contributed by atoms with van der Waals surface area (Å²) in [6.07, 6.45) is 3.28. The second-order valence-electron chi connectivity index (χ2n) is 6.42. The summed E-state index contributed by atoms with van der Waals surface area (Å²) in [6, 6.07) is 0. The Kier molecular flexibility index (Phi) is 6.57. The Bertz CT molecular complexity index is 290. The van der Waals surface area contributed by atoms with Crippen LogP contribution in [-0.2, 0) is 4.79 Å². The molecule has 0 unspecified atom stereocenters. The standard InChI is InChI=1S/C14H27N3O.ClH/c1-14(2)5-3-8-16(12-14)9-4-13(18)17-10-6-15-7-11-17;/h15H,3-12H2,1-2H3;1H. The number of amides is 1. The number of hydrogen-bond acceptors (Lipinski definition) is 3. The van der Waals surface area contributed by atoms with Gasteiger partial charge in [-0.1, -0.05) is 13.8 Å². The zero-order valence-corrected chi connectivity index (χ0v) is 13.1. The van der Waals surface area contributed by atoms with E-state index in [-0.39, 0.29) is 12.4 Å². The molecular formula is C14H28ClN3O. The lowest BCUT2D eigenvalue weighted by Crippen LogP contribution is -2.47. The molecule has 4 nitrogen and oxygen atoms in total. The lowest BCUT2D eigenvalue weighted by atomic mass is 9.84. The van der Waals surface area contributed by atoms with E-state index in [1.165, 1.54) is 12.8 Å². The summed E-state index contributed by atoms with van der Waals surface area (Å²) in [4.78, 5) is 16.5. The van der Waals surface area contributed by atoms with Crippen LogP contribution in [0.15, 0.2) is 0 Å². The van der Waals surface area contributed by atoms with Crippen LogP contribution < -0.4 is 5.32 Å². The third kappa shape index (κ3) is 5.28. The van der Waals surface area contributed by atoms with Crippen molar-refractivity contribution in [2.24, 2.45) is 5.41 Å². The third-order valence-electron chi connectivity index (χ3n) is 4.09. The highest BCUT2D eigenvalue weighted by Crippen LogP contribution is 2.28.